The summed E-state index contributed by atoms with van der Waals surface area (Å²) < 4.78 is 24.2. The minimum Gasteiger partial charge on any atom is -0.490 e. The Balaban J connectivity index is 2.04. The molecule has 0 amide bonds. The molecule has 0 bridgehead atoms. The third-order valence-electron chi connectivity index (χ3n) is 2.56. The molecule has 16 heavy (non-hydrogen) atoms. The van der Waals surface area contributed by atoms with Crippen molar-refractivity contribution in [3.8, 4) is 5.75 Å². The summed E-state index contributed by atoms with van der Waals surface area (Å²) in [5, 5.41) is 0.634. The first-order valence-electron chi connectivity index (χ1n) is 5.38. The second-order valence-electron chi connectivity index (χ2n) is 3.86. The van der Waals surface area contributed by atoms with Gasteiger partial charge in [-0.1, -0.05) is 15.9 Å². The molecule has 1 fully saturated rings. The summed E-state index contributed by atoms with van der Waals surface area (Å²) in [4.78, 5) is 0. The Labute approximate surface area is 103 Å². The molecule has 0 aromatic heterocycles. The topological polar surface area (TPSA) is 18.5 Å². The van der Waals surface area contributed by atoms with Gasteiger partial charge in [0.05, 0.1) is 13.2 Å². The predicted octanol–water partition coefficient (Wildman–Crippen LogP) is 3.28. The molecule has 0 N–H and O–H groups in total. The predicted molar refractivity (Wildman–Crippen MR) is 63.5 cm³/mol. The molecule has 88 valence electrons. The van der Waals surface area contributed by atoms with Gasteiger partial charge >= 0.3 is 0 Å². The lowest BCUT2D eigenvalue weighted by molar-refractivity contribution is 0.0254. The Hall–Kier alpha value is -0.610. The van der Waals surface area contributed by atoms with Crippen LogP contribution in [0.15, 0.2) is 18.2 Å². The molecule has 1 saturated heterocycles. The van der Waals surface area contributed by atoms with Crippen molar-refractivity contribution in [1.82, 2.24) is 0 Å². The molecule has 1 aromatic rings. The highest BCUT2D eigenvalue weighted by Crippen LogP contribution is 2.22. The van der Waals surface area contributed by atoms with E-state index in [1.165, 1.54) is 12.1 Å². The van der Waals surface area contributed by atoms with Crippen molar-refractivity contribution in [2.75, 3.05) is 13.2 Å². The first kappa shape index (κ1) is 11.9. The van der Waals surface area contributed by atoms with Crippen LogP contribution in [0.2, 0.25) is 0 Å². The maximum absolute atomic E-state index is 13.2. The number of benzene rings is 1. The molecule has 2 nitrogen and oxygen atoms in total. The van der Waals surface area contributed by atoms with E-state index in [4.69, 9.17) is 9.47 Å². The highest BCUT2D eigenvalue weighted by molar-refractivity contribution is 9.08. The fourth-order valence-corrected chi connectivity index (χ4v) is 2.08. The van der Waals surface area contributed by atoms with Crippen molar-refractivity contribution in [2.24, 2.45) is 0 Å². The lowest BCUT2D eigenvalue weighted by Gasteiger charge is -2.23. The monoisotopic (exact) mass is 288 g/mol. The van der Waals surface area contributed by atoms with Gasteiger partial charge in [0, 0.05) is 24.2 Å². The largest absolute Gasteiger partial charge is 0.490 e. The molecule has 0 unspecified atom stereocenters. The van der Waals surface area contributed by atoms with Crippen molar-refractivity contribution in [3.63, 3.8) is 0 Å². The lowest BCUT2D eigenvalue weighted by atomic mass is 10.1. The molecule has 1 aliphatic rings. The lowest BCUT2D eigenvalue weighted by Crippen LogP contribution is -2.25. The van der Waals surface area contributed by atoms with E-state index >= 15 is 0 Å². The average molecular weight is 289 g/mol. The Morgan fingerprint density at radius 2 is 2.06 bits per heavy atom. The smallest absolute Gasteiger partial charge is 0.127 e. The van der Waals surface area contributed by atoms with Gasteiger partial charge in [-0.25, -0.2) is 4.39 Å². The van der Waals surface area contributed by atoms with Gasteiger partial charge < -0.3 is 9.47 Å². The van der Waals surface area contributed by atoms with Gasteiger partial charge in [-0.05, 0) is 17.7 Å². The number of ether oxygens (including phenoxy) is 2. The van der Waals surface area contributed by atoms with E-state index in [1.54, 1.807) is 0 Å². The standard InChI is InChI=1S/C12H14BrFO2/c13-8-9-5-10(14)7-12(6-9)16-11-1-3-15-4-2-11/h5-7,11H,1-4,8H2. The third kappa shape index (κ3) is 3.19. The van der Waals surface area contributed by atoms with Gasteiger partial charge in [0.15, 0.2) is 0 Å². The van der Waals surface area contributed by atoms with Crippen molar-refractivity contribution >= 4 is 15.9 Å². The average Bonchev–Trinajstić information content (AvgIpc) is 2.29. The van der Waals surface area contributed by atoms with E-state index in [0.29, 0.717) is 11.1 Å². The second-order valence-corrected chi connectivity index (χ2v) is 4.42. The first-order valence-corrected chi connectivity index (χ1v) is 6.50. The minimum absolute atomic E-state index is 0.152. The van der Waals surface area contributed by atoms with E-state index in [9.17, 15) is 4.39 Å². The van der Waals surface area contributed by atoms with Crippen LogP contribution < -0.4 is 4.74 Å². The van der Waals surface area contributed by atoms with Crippen molar-refractivity contribution in [2.45, 2.75) is 24.3 Å². The third-order valence-corrected chi connectivity index (χ3v) is 3.20. The summed E-state index contributed by atoms with van der Waals surface area (Å²) in [6, 6.07) is 4.81. The molecular formula is C12H14BrFO2. The molecular weight excluding hydrogens is 275 g/mol. The van der Waals surface area contributed by atoms with E-state index < -0.39 is 0 Å². The van der Waals surface area contributed by atoms with E-state index in [2.05, 4.69) is 15.9 Å². The van der Waals surface area contributed by atoms with Gasteiger partial charge in [-0.3, -0.25) is 0 Å². The van der Waals surface area contributed by atoms with E-state index in [1.807, 2.05) is 6.07 Å². The van der Waals surface area contributed by atoms with Crippen LogP contribution in [-0.4, -0.2) is 19.3 Å². The van der Waals surface area contributed by atoms with Crippen LogP contribution in [-0.2, 0) is 10.1 Å². The summed E-state index contributed by atoms with van der Waals surface area (Å²) in [5.41, 5.74) is 0.891. The summed E-state index contributed by atoms with van der Waals surface area (Å²) in [7, 11) is 0. The van der Waals surface area contributed by atoms with Crippen LogP contribution in [0, 0.1) is 5.82 Å². The van der Waals surface area contributed by atoms with E-state index in [0.717, 1.165) is 31.6 Å². The van der Waals surface area contributed by atoms with Gasteiger partial charge in [-0.15, -0.1) is 0 Å². The minimum atomic E-state index is -0.251. The summed E-state index contributed by atoms with van der Waals surface area (Å²) in [5.74, 6) is 0.361. The molecule has 0 atom stereocenters. The van der Waals surface area contributed by atoms with Crippen LogP contribution in [0.5, 0.6) is 5.75 Å². The summed E-state index contributed by atoms with van der Waals surface area (Å²) >= 11 is 3.31. The van der Waals surface area contributed by atoms with Gasteiger partial charge in [0.1, 0.15) is 17.7 Å². The maximum atomic E-state index is 13.2. The SMILES string of the molecule is Fc1cc(CBr)cc(OC2CCOCC2)c1. The zero-order valence-electron chi connectivity index (χ0n) is 8.92. The molecule has 1 aliphatic heterocycles. The fraction of sp³-hybridized carbons (Fsp3) is 0.500. The number of rotatable bonds is 3. The quantitative estimate of drug-likeness (QED) is 0.795. The summed E-state index contributed by atoms with van der Waals surface area (Å²) in [6.07, 6.45) is 1.90. The van der Waals surface area contributed by atoms with Crippen LogP contribution in [0.1, 0.15) is 18.4 Å². The molecule has 0 radical (unpaired) electrons. The first-order chi connectivity index (χ1) is 7.78. The van der Waals surface area contributed by atoms with E-state index in [-0.39, 0.29) is 11.9 Å². The van der Waals surface area contributed by atoms with Crippen LogP contribution >= 0.6 is 15.9 Å². The van der Waals surface area contributed by atoms with Crippen molar-refractivity contribution in [1.29, 1.82) is 0 Å². The fourth-order valence-electron chi connectivity index (χ4n) is 1.75. The Morgan fingerprint density at radius 1 is 1.31 bits per heavy atom. The van der Waals surface area contributed by atoms with Gasteiger partial charge in [-0.2, -0.15) is 0 Å². The zero-order chi connectivity index (χ0) is 11.4. The molecule has 0 aliphatic carbocycles. The van der Waals surface area contributed by atoms with Crippen molar-refractivity contribution in [3.05, 3.63) is 29.6 Å². The molecule has 0 saturated carbocycles. The Morgan fingerprint density at radius 3 is 2.75 bits per heavy atom. The number of hydrogen-bond donors (Lipinski definition) is 0. The normalized spacial score (nSPS) is 17.4. The maximum Gasteiger partial charge on any atom is 0.127 e. The van der Waals surface area contributed by atoms with Crippen LogP contribution in [0.3, 0.4) is 0 Å². The summed E-state index contributed by atoms with van der Waals surface area (Å²) in [6.45, 7) is 1.45. The van der Waals surface area contributed by atoms with Crippen LogP contribution in [0.4, 0.5) is 4.39 Å². The number of alkyl halides is 1. The highest BCUT2D eigenvalue weighted by Gasteiger charge is 2.15. The molecule has 4 heteroatoms. The molecule has 0 spiro atoms. The molecule has 1 heterocycles. The van der Waals surface area contributed by atoms with Crippen molar-refractivity contribution < 1.29 is 13.9 Å². The highest BCUT2D eigenvalue weighted by atomic mass is 79.9. The Kier molecular flexibility index (Phi) is 4.18. The number of hydrogen-bond acceptors (Lipinski definition) is 2. The van der Waals surface area contributed by atoms with Crippen LogP contribution in [0.25, 0.3) is 0 Å². The van der Waals surface area contributed by atoms with Gasteiger partial charge in [0.2, 0.25) is 0 Å². The number of halogens is 2. The van der Waals surface area contributed by atoms with Gasteiger partial charge in [0.25, 0.3) is 0 Å². The molecule has 2 rings (SSSR count). The Bertz CT molecular complexity index is 351. The zero-order valence-corrected chi connectivity index (χ0v) is 10.5. The molecule has 1 aromatic carbocycles. The second kappa shape index (κ2) is 5.64.